The molecule has 98 valence electrons. The van der Waals surface area contributed by atoms with Gasteiger partial charge in [0.25, 0.3) is 5.56 Å². The summed E-state index contributed by atoms with van der Waals surface area (Å²) < 4.78 is 0. The van der Waals surface area contributed by atoms with Crippen molar-refractivity contribution in [1.82, 2.24) is 4.98 Å². The maximum atomic E-state index is 12.0. The lowest BCUT2D eigenvalue weighted by Gasteiger charge is -2.33. The molecule has 19 heavy (non-hydrogen) atoms. The molecule has 1 aliphatic carbocycles. The molecule has 0 unspecified atom stereocenters. The first kappa shape index (κ1) is 12.2. The fourth-order valence-corrected chi connectivity index (χ4v) is 3.02. The van der Waals surface area contributed by atoms with E-state index in [0.29, 0.717) is 5.56 Å². The Bertz CT molecular complexity index is 698. The molecule has 0 aliphatic heterocycles. The van der Waals surface area contributed by atoms with Crippen molar-refractivity contribution >= 4 is 0 Å². The first-order valence-electron chi connectivity index (χ1n) is 6.58. The summed E-state index contributed by atoms with van der Waals surface area (Å²) in [5.41, 5.74) is 10.9. The second kappa shape index (κ2) is 4.07. The molecule has 3 heteroatoms. The molecule has 0 amide bonds. The summed E-state index contributed by atoms with van der Waals surface area (Å²) in [7, 11) is 0. The summed E-state index contributed by atoms with van der Waals surface area (Å²) in [6, 6.07) is 10.3. The van der Waals surface area contributed by atoms with E-state index in [4.69, 9.17) is 5.73 Å². The molecule has 0 spiro atoms. The molecule has 1 aromatic carbocycles. The monoisotopic (exact) mass is 254 g/mol. The van der Waals surface area contributed by atoms with Crippen molar-refractivity contribution in [1.29, 1.82) is 0 Å². The average molecular weight is 254 g/mol. The Morgan fingerprint density at radius 3 is 2.79 bits per heavy atom. The number of H-pyrrole nitrogens is 1. The Labute approximate surface area is 112 Å². The lowest BCUT2D eigenvalue weighted by atomic mass is 9.71. The lowest BCUT2D eigenvalue weighted by Crippen LogP contribution is -2.28. The first-order valence-corrected chi connectivity index (χ1v) is 6.58. The molecule has 0 saturated carbocycles. The molecule has 0 atom stereocenters. The van der Waals surface area contributed by atoms with Crippen LogP contribution >= 0.6 is 0 Å². The van der Waals surface area contributed by atoms with Gasteiger partial charge in [0.2, 0.25) is 0 Å². The van der Waals surface area contributed by atoms with Crippen molar-refractivity contribution in [3.05, 3.63) is 57.4 Å². The maximum Gasteiger partial charge on any atom is 0.252 e. The number of hydrogen-bond donors (Lipinski definition) is 2. The van der Waals surface area contributed by atoms with Crippen LogP contribution in [0.3, 0.4) is 0 Å². The lowest BCUT2D eigenvalue weighted by molar-refractivity contribution is 0.515. The van der Waals surface area contributed by atoms with Crippen LogP contribution in [0.5, 0.6) is 0 Å². The topological polar surface area (TPSA) is 58.9 Å². The van der Waals surface area contributed by atoms with Gasteiger partial charge in [-0.25, -0.2) is 0 Å². The van der Waals surface area contributed by atoms with Crippen LogP contribution in [-0.4, -0.2) is 4.98 Å². The van der Waals surface area contributed by atoms with E-state index in [0.717, 1.165) is 17.7 Å². The number of benzene rings is 1. The Morgan fingerprint density at radius 2 is 2.05 bits per heavy atom. The van der Waals surface area contributed by atoms with Crippen molar-refractivity contribution in [2.75, 3.05) is 0 Å². The number of nitrogens with two attached hydrogens (primary N) is 1. The van der Waals surface area contributed by atoms with Crippen LogP contribution in [0.15, 0.2) is 35.1 Å². The third-order valence-corrected chi connectivity index (χ3v) is 3.98. The zero-order valence-electron chi connectivity index (χ0n) is 11.3. The van der Waals surface area contributed by atoms with E-state index >= 15 is 0 Å². The third-order valence-electron chi connectivity index (χ3n) is 3.98. The van der Waals surface area contributed by atoms with Gasteiger partial charge in [-0.1, -0.05) is 38.1 Å². The van der Waals surface area contributed by atoms with Gasteiger partial charge >= 0.3 is 0 Å². The molecular weight excluding hydrogens is 236 g/mol. The fourth-order valence-electron chi connectivity index (χ4n) is 3.02. The third kappa shape index (κ3) is 1.81. The molecule has 3 nitrogen and oxygen atoms in total. The summed E-state index contributed by atoms with van der Waals surface area (Å²) in [6.07, 6.45) is 0.920. The van der Waals surface area contributed by atoms with E-state index < -0.39 is 0 Å². The first-order chi connectivity index (χ1) is 9.03. The highest BCUT2D eigenvalue weighted by molar-refractivity contribution is 5.71. The molecule has 3 N–H and O–H groups in total. The summed E-state index contributed by atoms with van der Waals surface area (Å²) in [6.45, 7) is 4.76. The molecule has 0 saturated heterocycles. The van der Waals surface area contributed by atoms with Gasteiger partial charge in [-0.3, -0.25) is 4.79 Å². The van der Waals surface area contributed by atoms with Crippen LogP contribution in [0.4, 0.5) is 0 Å². The average Bonchev–Trinajstić information content (AvgIpc) is 2.39. The van der Waals surface area contributed by atoms with Crippen LogP contribution in [0.1, 0.15) is 30.5 Å². The van der Waals surface area contributed by atoms with Crippen LogP contribution in [0.25, 0.3) is 11.3 Å². The number of aromatic nitrogens is 1. The Hall–Kier alpha value is -1.87. The van der Waals surface area contributed by atoms with Crippen LogP contribution < -0.4 is 11.3 Å². The fraction of sp³-hybridized carbons (Fsp3) is 0.312. The van der Waals surface area contributed by atoms with Crippen molar-refractivity contribution in [2.45, 2.75) is 32.2 Å². The van der Waals surface area contributed by atoms with Crippen molar-refractivity contribution in [3.8, 4) is 11.3 Å². The molecule has 1 aliphatic rings. The normalized spacial score (nSPS) is 15.7. The largest absolute Gasteiger partial charge is 0.326 e. The van der Waals surface area contributed by atoms with Crippen LogP contribution in [0.2, 0.25) is 0 Å². The molecule has 1 aromatic heterocycles. The minimum absolute atomic E-state index is 0.0734. The smallest absolute Gasteiger partial charge is 0.252 e. The van der Waals surface area contributed by atoms with E-state index in [1.165, 1.54) is 11.1 Å². The van der Waals surface area contributed by atoms with E-state index in [2.05, 4.69) is 37.0 Å². The molecule has 0 fully saturated rings. The van der Waals surface area contributed by atoms with Gasteiger partial charge in [0, 0.05) is 17.7 Å². The van der Waals surface area contributed by atoms with Gasteiger partial charge < -0.3 is 10.7 Å². The summed E-state index contributed by atoms with van der Waals surface area (Å²) >= 11 is 0. The van der Waals surface area contributed by atoms with Crippen molar-refractivity contribution < 1.29 is 0 Å². The number of hydrogen-bond acceptors (Lipinski definition) is 2. The Kier molecular flexibility index (Phi) is 2.61. The molecule has 0 bridgehead atoms. The molecule has 3 rings (SSSR count). The summed E-state index contributed by atoms with van der Waals surface area (Å²) in [5.74, 6) is 0. The predicted molar refractivity (Wildman–Crippen MR) is 77.1 cm³/mol. The Morgan fingerprint density at radius 1 is 1.32 bits per heavy atom. The van der Waals surface area contributed by atoms with Gasteiger partial charge in [-0.05, 0) is 29.0 Å². The van der Waals surface area contributed by atoms with Crippen LogP contribution in [-0.2, 0) is 18.4 Å². The van der Waals surface area contributed by atoms with E-state index in [-0.39, 0.29) is 17.5 Å². The maximum absolute atomic E-state index is 12.0. The van der Waals surface area contributed by atoms with E-state index in [9.17, 15) is 4.79 Å². The van der Waals surface area contributed by atoms with Crippen molar-refractivity contribution in [3.63, 3.8) is 0 Å². The van der Waals surface area contributed by atoms with Crippen LogP contribution in [0, 0.1) is 0 Å². The molecule has 0 radical (unpaired) electrons. The quantitative estimate of drug-likeness (QED) is 0.820. The highest BCUT2D eigenvalue weighted by Gasteiger charge is 2.31. The number of fused-ring (bicyclic) bond motifs is 3. The minimum atomic E-state index is -0.0734. The second-order valence-corrected chi connectivity index (χ2v) is 5.83. The zero-order valence-corrected chi connectivity index (χ0v) is 11.3. The number of pyridine rings is 1. The second-order valence-electron chi connectivity index (χ2n) is 5.83. The van der Waals surface area contributed by atoms with Gasteiger partial charge in [0.1, 0.15) is 0 Å². The van der Waals surface area contributed by atoms with Gasteiger partial charge in [-0.2, -0.15) is 0 Å². The molecule has 1 heterocycles. The van der Waals surface area contributed by atoms with Gasteiger partial charge in [0.05, 0.1) is 5.69 Å². The van der Waals surface area contributed by atoms with Gasteiger partial charge in [0.15, 0.2) is 0 Å². The Balaban J connectivity index is 2.32. The highest BCUT2D eigenvalue weighted by Crippen LogP contribution is 2.41. The van der Waals surface area contributed by atoms with E-state index in [1.54, 1.807) is 0 Å². The summed E-state index contributed by atoms with van der Waals surface area (Å²) in [4.78, 5) is 15.0. The number of nitrogens with one attached hydrogen (secondary N) is 1. The van der Waals surface area contributed by atoms with Gasteiger partial charge in [-0.15, -0.1) is 0 Å². The number of aromatic amines is 1. The molecule has 2 aromatic rings. The number of rotatable bonds is 1. The SMILES string of the molecule is CC1(C)Cc2cc(CN)c(=O)[nH]c2-c2ccccc21. The van der Waals surface area contributed by atoms with Crippen molar-refractivity contribution in [2.24, 2.45) is 5.73 Å². The summed E-state index contributed by atoms with van der Waals surface area (Å²) in [5, 5.41) is 0. The highest BCUT2D eigenvalue weighted by atomic mass is 16.1. The minimum Gasteiger partial charge on any atom is -0.326 e. The standard InChI is InChI=1S/C16H18N2O/c1-16(2)8-10-7-11(9-17)15(19)18-14(10)12-5-3-4-6-13(12)16/h3-7H,8-9,17H2,1-2H3,(H,18,19). The zero-order chi connectivity index (χ0) is 13.6. The molecular formula is C16H18N2O. The predicted octanol–water partition coefficient (Wildman–Crippen LogP) is 2.33. The van der Waals surface area contributed by atoms with E-state index in [1.807, 2.05) is 12.1 Å².